The average molecular weight is 381 g/mol. The highest BCUT2D eigenvalue weighted by molar-refractivity contribution is 6.76. The van der Waals surface area contributed by atoms with Gasteiger partial charge in [-0.05, 0) is 23.7 Å². The fourth-order valence-electron chi connectivity index (χ4n) is 2.92. The summed E-state index contributed by atoms with van der Waals surface area (Å²) in [5.74, 6) is 0.832. The maximum absolute atomic E-state index is 5.97. The van der Waals surface area contributed by atoms with Gasteiger partial charge in [0, 0.05) is 25.8 Å². The number of ether oxygens (including phenoxy) is 2. The van der Waals surface area contributed by atoms with Crippen LogP contribution < -0.4 is 4.74 Å². The third kappa shape index (κ3) is 5.08. The first-order valence-electron chi connectivity index (χ1n) is 9.31. The van der Waals surface area contributed by atoms with E-state index in [1.807, 2.05) is 47.3 Å². The van der Waals surface area contributed by atoms with Crippen LogP contribution in [0.4, 0.5) is 0 Å². The highest BCUT2D eigenvalue weighted by Gasteiger charge is 2.16. The normalized spacial score (nSPS) is 11.6. The Balaban J connectivity index is 1.92. The fraction of sp³-hybridized carbons (Fsp3) is 0.318. The topological polar surface area (TPSA) is 36.3 Å². The van der Waals surface area contributed by atoms with Crippen LogP contribution in [0, 0.1) is 0 Å². The molecule has 0 aliphatic heterocycles. The average Bonchev–Trinajstić information content (AvgIpc) is 3.09. The van der Waals surface area contributed by atoms with Gasteiger partial charge in [0.05, 0.1) is 19.0 Å². The van der Waals surface area contributed by atoms with E-state index in [0.29, 0.717) is 6.73 Å². The quantitative estimate of drug-likeness (QED) is 0.380. The van der Waals surface area contributed by atoms with Crippen LogP contribution in [0.3, 0.4) is 0 Å². The summed E-state index contributed by atoms with van der Waals surface area (Å²) in [5.41, 5.74) is 4.36. The van der Waals surface area contributed by atoms with E-state index < -0.39 is 8.07 Å². The van der Waals surface area contributed by atoms with Crippen LogP contribution in [0.25, 0.3) is 22.4 Å². The summed E-state index contributed by atoms with van der Waals surface area (Å²) in [6.45, 7) is 8.30. The molecule has 0 atom stereocenters. The van der Waals surface area contributed by atoms with Crippen molar-refractivity contribution in [2.75, 3.05) is 13.7 Å². The summed E-state index contributed by atoms with van der Waals surface area (Å²) in [6, 6.07) is 19.6. The van der Waals surface area contributed by atoms with Crippen molar-refractivity contribution in [1.82, 2.24) is 9.78 Å². The number of benzene rings is 2. The van der Waals surface area contributed by atoms with Gasteiger partial charge in [-0.1, -0.05) is 62.1 Å². The standard InChI is InChI=1S/C22H28N2O2Si/c1-25-20-12-8-11-19(15-20)22-21(18-9-6-5-7-10-18)16-23-24(22)17-26-13-14-27(2,3)4/h5-12,15-16H,13-14,17H2,1-4H3. The molecule has 1 aromatic heterocycles. The second kappa shape index (κ2) is 8.54. The summed E-state index contributed by atoms with van der Waals surface area (Å²) in [4.78, 5) is 0. The second-order valence-electron chi connectivity index (χ2n) is 7.85. The van der Waals surface area contributed by atoms with Crippen molar-refractivity contribution in [3.05, 3.63) is 60.8 Å². The summed E-state index contributed by atoms with van der Waals surface area (Å²) in [7, 11) is 0.585. The number of aromatic nitrogens is 2. The number of hydrogen-bond acceptors (Lipinski definition) is 3. The van der Waals surface area contributed by atoms with E-state index in [0.717, 1.165) is 40.8 Å². The number of hydrogen-bond donors (Lipinski definition) is 0. The smallest absolute Gasteiger partial charge is 0.140 e. The van der Waals surface area contributed by atoms with Crippen LogP contribution in [-0.2, 0) is 11.5 Å². The van der Waals surface area contributed by atoms with Gasteiger partial charge in [-0.3, -0.25) is 0 Å². The Morgan fingerprint density at radius 3 is 2.41 bits per heavy atom. The predicted octanol–water partition coefficient (Wildman–Crippen LogP) is 5.54. The van der Waals surface area contributed by atoms with Crippen molar-refractivity contribution >= 4 is 8.07 Å². The van der Waals surface area contributed by atoms with E-state index in [1.54, 1.807) is 7.11 Å². The van der Waals surface area contributed by atoms with E-state index in [9.17, 15) is 0 Å². The van der Waals surface area contributed by atoms with Crippen molar-refractivity contribution in [2.45, 2.75) is 32.4 Å². The molecule has 0 saturated heterocycles. The lowest BCUT2D eigenvalue weighted by atomic mass is 10.0. The Morgan fingerprint density at radius 1 is 0.963 bits per heavy atom. The molecule has 0 saturated carbocycles. The number of rotatable bonds is 8. The Hall–Kier alpha value is -2.37. The lowest BCUT2D eigenvalue weighted by Gasteiger charge is -2.16. The maximum atomic E-state index is 5.97. The van der Waals surface area contributed by atoms with Gasteiger partial charge in [-0.15, -0.1) is 0 Å². The minimum absolute atomic E-state index is 0.448. The molecule has 0 fully saturated rings. The minimum Gasteiger partial charge on any atom is -0.497 e. The van der Waals surface area contributed by atoms with Crippen LogP contribution in [0.5, 0.6) is 5.75 Å². The molecule has 0 aliphatic carbocycles. The molecule has 1 heterocycles. The van der Waals surface area contributed by atoms with Crippen LogP contribution in [-0.4, -0.2) is 31.6 Å². The summed E-state index contributed by atoms with van der Waals surface area (Å²) >= 11 is 0. The van der Waals surface area contributed by atoms with Gasteiger partial charge >= 0.3 is 0 Å². The molecule has 3 rings (SSSR count). The molecule has 2 aromatic carbocycles. The van der Waals surface area contributed by atoms with Gasteiger partial charge in [0.25, 0.3) is 0 Å². The first kappa shape index (κ1) is 19.4. The van der Waals surface area contributed by atoms with Gasteiger partial charge < -0.3 is 9.47 Å². The lowest BCUT2D eigenvalue weighted by Crippen LogP contribution is -2.22. The maximum Gasteiger partial charge on any atom is 0.140 e. The van der Waals surface area contributed by atoms with Crippen molar-refractivity contribution in [3.63, 3.8) is 0 Å². The highest BCUT2D eigenvalue weighted by atomic mass is 28.3. The molecule has 27 heavy (non-hydrogen) atoms. The summed E-state index contributed by atoms with van der Waals surface area (Å²) in [5, 5.41) is 4.62. The van der Waals surface area contributed by atoms with Gasteiger partial charge in [-0.2, -0.15) is 5.10 Å². The molecule has 0 aliphatic rings. The molecular weight excluding hydrogens is 352 g/mol. The van der Waals surface area contributed by atoms with E-state index in [-0.39, 0.29) is 0 Å². The van der Waals surface area contributed by atoms with E-state index in [1.165, 1.54) is 0 Å². The van der Waals surface area contributed by atoms with Crippen molar-refractivity contribution in [2.24, 2.45) is 0 Å². The molecule has 0 bridgehead atoms. The molecule has 142 valence electrons. The van der Waals surface area contributed by atoms with Crippen LogP contribution in [0.1, 0.15) is 0 Å². The van der Waals surface area contributed by atoms with Crippen LogP contribution in [0.15, 0.2) is 60.8 Å². The molecule has 4 nitrogen and oxygen atoms in total. The predicted molar refractivity (Wildman–Crippen MR) is 114 cm³/mol. The zero-order chi connectivity index (χ0) is 19.3. The van der Waals surface area contributed by atoms with Gasteiger partial charge in [0.1, 0.15) is 12.5 Å². The zero-order valence-electron chi connectivity index (χ0n) is 16.6. The minimum atomic E-state index is -1.10. The van der Waals surface area contributed by atoms with E-state index in [2.05, 4.69) is 42.9 Å². The van der Waals surface area contributed by atoms with Gasteiger partial charge in [0.15, 0.2) is 0 Å². The summed E-state index contributed by atoms with van der Waals surface area (Å²) in [6.07, 6.45) is 1.92. The van der Waals surface area contributed by atoms with Crippen molar-refractivity contribution in [1.29, 1.82) is 0 Å². The summed E-state index contributed by atoms with van der Waals surface area (Å²) < 4.78 is 13.3. The first-order chi connectivity index (χ1) is 13.0. The first-order valence-corrected chi connectivity index (χ1v) is 13.0. The van der Waals surface area contributed by atoms with Gasteiger partial charge in [-0.25, -0.2) is 4.68 Å². The third-order valence-corrected chi connectivity index (χ3v) is 6.18. The largest absolute Gasteiger partial charge is 0.497 e. The van der Waals surface area contributed by atoms with E-state index in [4.69, 9.17) is 9.47 Å². The Kier molecular flexibility index (Phi) is 6.14. The van der Waals surface area contributed by atoms with Crippen molar-refractivity contribution in [3.8, 4) is 28.1 Å². The lowest BCUT2D eigenvalue weighted by molar-refractivity contribution is 0.0798. The van der Waals surface area contributed by atoms with Crippen molar-refractivity contribution < 1.29 is 9.47 Å². The SMILES string of the molecule is COc1cccc(-c2c(-c3ccccc3)cnn2COCC[Si](C)(C)C)c1. The number of nitrogens with zero attached hydrogens (tertiary/aromatic N) is 2. The molecule has 0 amide bonds. The monoisotopic (exact) mass is 380 g/mol. The Labute approximate surface area is 162 Å². The van der Waals surface area contributed by atoms with E-state index >= 15 is 0 Å². The van der Waals surface area contributed by atoms with Crippen LogP contribution in [0.2, 0.25) is 25.7 Å². The fourth-order valence-corrected chi connectivity index (χ4v) is 3.67. The Bertz CT molecular complexity index is 870. The molecule has 3 aromatic rings. The van der Waals surface area contributed by atoms with Gasteiger partial charge in [0.2, 0.25) is 0 Å². The molecule has 0 unspecified atom stereocenters. The molecule has 0 spiro atoms. The Morgan fingerprint density at radius 2 is 1.70 bits per heavy atom. The molecule has 0 radical (unpaired) electrons. The molecular formula is C22H28N2O2Si. The molecule has 0 N–H and O–H groups in total. The van der Waals surface area contributed by atoms with Crippen LogP contribution >= 0.6 is 0 Å². The second-order valence-corrected chi connectivity index (χ2v) is 13.5. The number of methoxy groups -OCH3 is 1. The molecule has 5 heteroatoms. The highest BCUT2D eigenvalue weighted by Crippen LogP contribution is 2.33. The third-order valence-electron chi connectivity index (χ3n) is 4.48. The zero-order valence-corrected chi connectivity index (χ0v) is 17.6.